The highest BCUT2D eigenvalue weighted by atomic mass is 32.1. The average Bonchev–Trinajstić information content (AvgIpc) is 3.26. The maximum atomic E-state index is 12.8. The molecule has 1 aromatic rings. The molecule has 2 atom stereocenters. The summed E-state index contributed by atoms with van der Waals surface area (Å²) < 4.78 is 0. The first-order valence-electron chi connectivity index (χ1n) is 11.0. The van der Waals surface area contributed by atoms with Crippen LogP contribution in [0, 0.1) is 25.2 Å². The number of aryl methyl sites for hydroxylation is 2. The van der Waals surface area contributed by atoms with Gasteiger partial charge in [-0.05, 0) is 51.9 Å². The average molecular weight is 404 g/mol. The number of likely N-dealkylation sites (tertiary alicyclic amines) is 1. The van der Waals surface area contributed by atoms with Gasteiger partial charge in [0.2, 0.25) is 5.91 Å². The van der Waals surface area contributed by atoms with Crippen LogP contribution in [0.25, 0.3) is 0 Å². The minimum atomic E-state index is -0.00106. The third-order valence-corrected chi connectivity index (χ3v) is 8.35. The van der Waals surface area contributed by atoms with Gasteiger partial charge in [-0.15, -0.1) is 11.3 Å². The molecule has 1 aromatic heterocycles. The van der Waals surface area contributed by atoms with Crippen molar-refractivity contribution in [2.24, 2.45) is 11.3 Å². The lowest BCUT2D eigenvalue weighted by Gasteiger charge is -2.47. The van der Waals surface area contributed by atoms with Crippen LogP contribution in [0.4, 0.5) is 0 Å². The summed E-state index contributed by atoms with van der Waals surface area (Å²) >= 11 is 1.47. The zero-order valence-corrected chi connectivity index (χ0v) is 18.1. The van der Waals surface area contributed by atoms with Crippen LogP contribution in [0.2, 0.25) is 0 Å². The zero-order valence-electron chi connectivity index (χ0n) is 17.3. The van der Waals surface area contributed by atoms with Crippen LogP contribution in [0.3, 0.4) is 0 Å². The lowest BCUT2D eigenvalue weighted by molar-refractivity contribution is -0.142. The van der Waals surface area contributed by atoms with Gasteiger partial charge in [0.1, 0.15) is 4.88 Å². The number of amides is 2. The Morgan fingerprint density at radius 2 is 1.96 bits per heavy atom. The smallest absolute Gasteiger partial charge is 0.263 e. The van der Waals surface area contributed by atoms with Crippen LogP contribution in [-0.2, 0) is 4.79 Å². The fourth-order valence-electron chi connectivity index (χ4n) is 5.82. The summed E-state index contributed by atoms with van der Waals surface area (Å²) in [4.78, 5) is 32.9. The number of fused-ring (bicyclic) bond motifs is 1. The van der Waals surface area contributed by atoms with Crippen molar-refractivity contribution in [2.45, 2.75) is 84.1 Å². The predicted octanol–water partition coefficient (Wildman–Crippen LogP) is 4.23. The van der Waals surface area contributed by atoms with E-state index in [9.17, 15) is 9.59 Å². The normalized spacial score (nSPS) is 28.4. The molecule has 4 rings (SSSR count). The molecule has 0 radical (unpaired) electrons. The first kappa shape index (κ1) is 19.9. The van der Waals surface area contributed by atoms with E-state index in [-0.39, 0.29) is 11.3 Å². The molecule has 154 valence electrons. The fraction of sp³-hybridized carbons (Fsp3) is 0.773. The number of hydrogen-bond donors (Lipinski definition) is 1. The van der Waals surface area contributed by atoms with Crippen LogP contribution in [-0.4, -0.2) is 40.8 Å². The van der Waals surface area contributed by atoms with Crippen molar-refractivity contribution in [3.8, 4) is 0 Å². The van der Waals surface area contributed by atoms with Crippen LogP contribution < -0.4 is 5.32 Å². The molecule has 3 aliphatic rings. The second-order valence-electron chi connectivity index (χ2n) is 9.15. The third-order valence-electron chi connectivity index (χ3n) is 7.28. The topological polar surface area (TPSA) is 62.3 Å². The van der Waals surface area contributed by atoms with Gasteiger partial charge in [0.05, 0.1) is 10.7 Å². The number of carbonyl (C=O) groups is 2. The first-order chi connectivity index (χ1) is 13.5. The molecule has 0 aromatic carbocycles. The molecule has 28 heavy (non-hydrogen) atoms. The largest absolute Gasteiger partial charge is 0.351 e. The summed E-state index contributed by atoms with van der Waals surface area (Å²) in [5, 5.41) is 4.15. The van der Waals surface area contributed by atoms with Crippen molar-refractivity contribution in [3.05, 3.63) is 15.6 Å². The van der Waals surface area contributed by atoms with E-state index in [1.807, 2.05) is 13.8 Å². The highest BCUT2D eigenvalue weighted by Gasteiger charge is 2.50. The summed E-state index contributed by atoms with van der Waals surface area (Å²) in [5.74, 6) is 1.01. The fourth-order valence-corrected chi connectivity index (χ4v) is 6.66. The Labute approximate surface area is 172 Å². The van der Waals surface area contributed by atoms with Crippen molar-refractivity contribution >= 4 is 23.2 Å². The standard InChI is InChI=1S/C22H33N3O2S/c1-15-20(28-16(2)24-15)21(27)23-14-22-11-6-9-18(22)25(19(26)10-12-22)13-17-7-4-3-5-8-17/h17-18H,3-14H2,1-2H3,(H,23,27)/t18-,22+/m1/s1. The van der Waals surface area contributed by atoms with E-state index in [0.717, 1.165) is 47.8 Å². The summed E-state index contributed by atoms with van der Waals surface area (Å²) in [6.45, 7) is 5.46. The number of aromatic nitrogens is 1. The molecule has 2 amide bonds. The Bertz CT molecular complexity index is 740. The Balaban J connectivity index is 1.45. The molecular weight excluding hydrogens is 370 g/mol. The number of hydrogen-bond acceptors (Lipinski definition) is 4. The van der Waals surface area contributed by atoms with E-state index in [1.165, 1.54) is 43.4 Å². The van der Waals surface area contributed by atoms with Crippen molar-refractivity contribution < 1.29 is 9.59 Å². The second kappa shape index (κ2) is 8.13. The molecule has 1 aliphatic heterocycles. The lowest BCUT2D eigenvalue weighted by Crippen LogP contribution is -2.57. The van der Waals surface area contributed by atoms with Crippen LogP contribution in [0.1, 0.15) is 84.6 Å². The van der Waals surface area contributed by atoms with Gasteiger partial charge < -0.3 is 10.2 Å². The molecule has 2 heterocycles. The molecule has 5 nitrogen and oxygen atoms in total. The van der Waals surface area contributed by atoms with Gasteiger partial charge in [0, 0.05) is 31.0 Å². The van der Waals surface area contributed by atoms with Crippen molar-refractivity contribution in [3.63, 3.8) is 0 Å². The first-order valence-corrected chi connectivity index (χ1v) is 11.8. The monoisotopic (exact) mass is 403 g/mol. The van der Waals surface area contributed by atoms with Crippen LogP contribution in [0.15, 0.2) is 0 Å². The SMILES string of the molecule is Cc1nc(C)c(C(=O)NC[C@@]23CCC[C@H]2N(CC2CCCCC2)C(=O)CC3)s1. The maximum Gasteiger partial charge on any atom is 0.263 e. The lowest BCUT2D eigenvalue weighted by atomic mass is 9.74. The minimum Gasteiger partial charge on any atom is -0.351 e. The quantitative estimate of drug-likeness (QED) is 0.800. The Morgan fingerprint density at radius 3 is 2.68 bits per heavy atom. The molecule has 1 N–H and O–H groups in total. The number of nitrogens with zero attached hydrogens (tertiary/aromatic N) is 2. The highest BCUT2D eigenvalue weighted by molar-refractivity contribution is 7.13. The maximum absolute atomic E-state index is 12.8. The number of piperidine rings is 1. The predicted molar refractivity (Wildman–Crippen MR) is 112 cm³/mol. The van der Waals surface area contributed by atoms with Gasteiger partial charge in [-0.25, -0.2) is 4.98 Å². The third kappa shape index (κ3) is 3.85. The van der Waals surface area contributed by atoms with Gasteiger partial charge in [-0.1, -0.05) is 25.7 Å². The Morgan fingerprint density at radius 1 is 1.18 bits per heavy atom. The molecule has 0 bridgehead atoms. The molecule has 1 saturated heterocycles. The van der Waals surface area contributed by atoms with E-state index in [1.54, 1.807) is 0 Å². The van der Waals surface area contributed by atoms with Crippen LogP contribution in [0.5, 0.6) is 0 Å². The molecule has 0 unspecified atom stereocenters. The molecule has 3 fully saturated rings. The molecular formula is C22H33N3O2S. The van der Waals surface area contributed by atoms with E-state index in [2.05, 4.69) is 15.2 Å². The van der Waals surface area contributed by atoms with Crippen LogP contribution >= 0.6 is 11.3 Å². The number of thiazole rings is 1. The molecule has 2 saturated carbocycles. The summed E-state index contributed by atoms with van der Waals surface area (Å²) in [7, 11) is 0. The summed E-state index contributed by atoms with van der Waals surface area (Å²) in [6.07, 6.45) is 11.4. The van der Waals surface area contributed by atoms with Crippen molar-refractivity contribution in [1.29, 1.82) is 0 Å². The second-order valence-corrected chi connectivity index (χ2v) is 10.4. The summed E-state index contributed by atoms with van der Waals surface area (Å²) in [5.41, 5.74) is 0.879. The van der Waals surface area contributed by atoms with E-state index in [0.29, 0.717) is 30.8 Å². The Hall–Kier alpha value is -1.43. The van der Waals surface area contributed by atoms with E-state index in [4.69, 9.17) is 0 Å². The number of rotatable bonds is 5. The van der Waals surface area contributed by atoms with Crippen molar-refractivity contribution in [2.75, 3.05) is 13.1 Å². The number of carbonyl (C=O) groups excluding carboxylic acids is 2. The van der Waals surface area contributed by atoms with E-state index < -0.39 is 0 Å². The van der Waals surface area contributed by atoms with Gasteiger partial charge in [-0.3, -0.25) is 9.59 Å². The van der Waals surface area contributed by atoms with Gasteiger partial charge in [0.25, 0.3) is 5.91 Å². The Kier molecular flexibility index (Phi) is 5.77. The van der Waals surface area contributed by atoms with Gasteiger partial charge in [-0.2, -0.15) is 0 Å². The highest BCUT2D eigenvalue weighted by Crippen LogP contribution is 2.48. The van der Waals surface area contributed by atoms with Gasteiger partial charge in [0.15, 0.2) is 0 Å². The van der Waals surface area contributed by atoms with Gasteiger partial charge >= 0.3 is 0 Å². The summed E-state index contributed by atoms with van der Waals surface area (Å²) in [6, 6.07) is 0.306. The molecule has 2 aliphatic carbocycles. The minimum absolute atomic E-state index is 0.00106. The zero-order chi connectivity index (χ0) is 19.7. The molecule has 0 spiro atoms. The molecule has 6 heteroatoms. The van der Waals surface area contributed by atoms with Crippen molar-refractivity contribution in [1.82, 2.24) is 15.2 Å². The van der Waals surface area contributed by atoms with E-state index >= 15 is 0 Å². The number of nitrogens with one attached hydrogen (secondary N) is 1.